The van der Waals surface area contributed by atoms with Gasteiger partial charge in [0.15, 0.2) is 0 Å². The van der Waals surface area contributed by atoms with E-state index in [4.69, 9.17) is 4.42 Å². The lowest BCUT2D eigenvalue weighted by Gasteiger charge is -2.12. The zero-order valence-corrected chi connectivity index (χ0v) is 11.8. The molecular formula is C16H19N3O. The Morgan fingerprint density at radius 3 is 3.00 bits per heavy atom. The van der Waals surface area contributed by atoms with Crippen molar-refractivity contribution in [1.29, 1.82) is 0 Å². The number of pyridine rings is 1. The third-order valence-electron chi connectivity index (χ3n) is 3.53. The van der Waals surface area contributed by atoms with E-state index < -0.39 is 0 Å². The molecular weight excluding hydrogens is 250 g/mol. The minimum atomic E-state index is 0.356. The molecule has 0 aliphatic carbocycles. The van der Waals surface area contributed by atoms with E-state index in [9.17, 15) is 0 Å². The van der Waals surface area contributed by atoms with Gasteiger partial charge in [0.25, 0.3) is 0 Å². The number of rotatable bonds is 5. The Balaban J connectivity index is 1.69. The lowest BCUT2D eigenvalue weighted by atomic mass is 10.2. The summed E-state index contributed by atoms with van der Waals surface area (Å²) < 4.78 is 7.52. The number of furan rings is 1. The standard InChI is InChI=1S/C16H19N3O/c1-12(10-14-6-5-9-20-14)17-11-15-13(2)18-16-7-3-4-8-19(15)16/h3-9,12,17H,10-11H2,1-2H3. The van der Waals surface area contributed by atoms with Gasteiger partial charge < -0.3 is 14.1 Å². The van der Waals surface area contributed by atoms with Crippen molar-refractivity contribution >= 4 is 5.65 Å². The van der Waals surface area contributed by atoms with Gasteiger partial charge in [-0.25, -0.2) is 4.98 Å². The van der Waals surface area contributed by atoms with Crippen molar-refractivity contribution in [1.82, 2.24) is 14.7 Å². The van der Waals surface area contributed by atoms with E-state index in [1.807, 2.05) is 30.3 Å². The maximum Gasteiger partial charge on any atom is 0.137 e. The van der Waals surface area contributed by atoms with Gasteiger partial charge in [-0.05, 0) is 38.1 Å². The molecule has 1 N–H and O–H groups in total. The van der Waals surface area contributed by atoms with Crippen molar-refractivity contribution in [3.63, 3.8) is 0 Å². The van der Waals surface area contributed by atoms with E-state index in [0.717, 1.165) is 30.1 Å². The summed E-state index contributed by atoms with van der Waals surface area (Å²) in [5.41, 5.74) is 3.29. The van der Waals surface area contributed by atoms with Gasteiger partial charge in [-0.15, -0.1) is 0 Å². The Morgan fingerprint density at radius 2 is 2.20 bits per heavy atom. The fourth-order valence-corrected chi connectivity index (χ4v) is 2.45. The van der Waals surface area contributed by atoms with E-state index in [-0.39, 0.29) is 0 Å². The van der Waals surface area contributed by atoms with Crippen LogP contribution in [-0.4, -0.2) is 15.4 Å². The SMILES string of the molecule is Cc1nc2ccccn2c1CNC(C)Cc1ccco1. The molecule has 1 atom stereocenters. The van der Waals surface area contributed by atoms with E-state index in [1.54, 1.807) is 6.26 Å². The predicted molar refractivity (Wildman–Crippen MR) is 78.6 cm³/mol. The largest absolute Gasteiger partial charge is 0.469 e. The summed E-state index contributed by atoms with van der Waals surface area (Å²) in [6.45, 7) is 5.03. The van der Waals surface area contributed by atoms with Crippen molar-refractivity contribution in [2.24, 2.45) is 0 Å². The third kappa shape index (κ3) is 2.60. The van der Waals surface area contributed by atoms with Gasteiger partial charge in [-0.1, -0.05) is 6.07 Å². The van der Waals surface area contributed by atoms with Gasteiger partial charge in [0, 0.05) is 25.2 Å². The summed E-state index contributed by atoms with van der Waals surface area (Å²) in [7, 11) is 0. The van der Waals surface area contributed by atoms with Crippen LogP contribution in [0.2, 0.25) is 0 Å². The Kier molecular flexibility index (Phi) is 3.56. The van der Waals surface area contributed by atoms with E-state index >= 15 is 0 Å². The van der Waals surface area contributed by atoms with Crippen molar-refractivity contribution in [2.45, 2.75) is 32.9 Å². The molecule has 20 heavy (non-hydrogen) atoms. The van der Waals surface area contributed by atoms with Crippen LogP contribution in [-0.2, 0) is 13.0 Å². The molecule has 0 aliphatic rings. The molecule has 104 valence electrons. The van der Waals surface area contributed by atoms with Crippen molar-refractivity contribution < 1.29 is 4.42 Å². The third-order valence-corrected chi connectivity index (χ3v) is 3.53. The first-order chi connectivity index (χ1) is 9.74. The van der Waals surface area contributed by atoms with E-state index in [2.05, 4.69) is 34.7 Å². The lowest BCUT2D eigenvalue weighted by molar-refractivity contribution is 0.454. The average molecular weight is 269 g/mol. The van der Waals surface area contributed by atoms with Crippen molar-refractivity contribution in [3.8, 4) is 0 Å². The van der Waals surface area contributed by atoms with E-state index in [1.165, 1.54) is 5.69 Å². The fraction of sp³-hybridized carbons (Fsp3) is 0.312. The van der Waals surface area contributed by atoms with Crippen molar-refractivity contribution in [3.05, 3.63) is 59.9 Å². The second-order valence-electron chi connectivity index (χ2n) is 5.14. The highest BCUT2D eigenvalue weighted by atomic mass is 16.3. The van der Waals surface area contributed by atoms with Crippen LogP contribution in [0.15, 0.2) is 47.2 Å². The molecule has 0 aliphatic heterocycles. The van der Waals surface area contributed by atoms with E-state index in [0.29, 0.717) is 6.04 Å². The number of fused-ring (bicyclic) bond motifs is 1. The molecule has 0 saturated carbocycles. The summed E-state index contributed by atoms with van der Waals surface area (Å²) in [6.07, 6.45) is 4.67. The molecule has 0 aromatic carbocycles. The Bertz CT molecular complexity index is 685. The fourth-order valence-electron chi connectivity index (χ4n) is 2.45. The Labute approximate surface area is 118 Å². The molecule has 1 unspecified atom stereocenters. The summed E-state index contributed by atoms with van der Waals surface area (Å²) in [6, 6.07) is 10.4. The highest BCUT2D eigenvalue weighted by Crippen LogP contribution is 2.12. The smallest absolute Gasteiger partial charge is 0.137 e. The molecule has 4 nitrogen and oxygen atoms in total. The molecule has 0 bridgehead atoms. The number of aromatic nitrogens is 2. The first kappa shape index (κ1) is 12.9. The minimum absolute atomic E-state index is 0.356. The van der Waals surface area contributed by atoms with Gasteiger partial charge in [0.05, 0.1) is 17.7 Å². The van der Waals surface area contributed by atoms with Gasteiger partial charge >= 0.3 is 0 Å². The average Bonchev–Trinajstić information content (AvgIpc) is 3.03. The molecule has 3 aromatic rings. The van der Waals surface area contributed by atoms with Gasteiger partial charge in [-0.2, -0.15) is 0 Å². The zero-order valence-electron chi connectivity index (χ0n) is 11.8. The quantitative estimate of drug-likeness (QED) is 0.774. The first-order valence-corrected chi connectivity index (χ1v) is 6.92. The number of nitrogens with one attached hydrogen (secondary N) is 1. The number of aryl methyl sites for hydroxylation is 1. The van der Waals surface area contributed by atoms with Crippen LogP contribution in [0.25, 0.3) is 5.65 Å². The molecule has 0 fully saturated rings. The van der Waals surface area contributed by atoms with Crippen LogP contribution in [0.3, 0.4) is 0 Å². The highest BCUT2D eigenvalue weighted by Gasteiger charge is 2.10. The molecule has 3 aromatic heterocycles. The van der Waals surface area contributed by atoms with Gasteiger partial charge in [0.2, 0.25) is 0 Å². The number of hydrogen-bond acceptors (Lipinski definition) is 3. The Morgan fingerprint density at radius 1 is 1.30 bits per heavy atom. The molecule has 0 amide bonds. The summed E-state index contributed by atoms with van der Waals surface area (Å²) >= 11 is 0. The maximum atomic E-state index is 5.38. The molecule has 3 rings (SSSR count). The molecule has 0 saturated heterocycles. The number of imidazole rings is 1. The molecule has 0 spiro atoms. The monoisotopic (exact) mass is 269 g/mol. The number of nitrogens with zero attached hydrogens (tertiary/aromatic N) is 2. The normalized spacial score (nSPS) is 12.9. The molecule has 4 heteroatoms. The summed E-state index contributed by atoms with van der Waals surface area (Å²) in [5, 5.41) is 3.54. The van der Waals surface area contributed by atoms with Crippen LogP contribution >= 0.6 is 0 Å². The van der Waals surface area contributed by atoms with Crippen molar-refractivity contribution in [2.75, 3.05) is 0 Å². The molecule has 0 radical (unpaired) electrons. The zero-order chi connectivity index (χ0) is 13.9. The minimum Gasteiger partial charge on any atom is -0.469 e. The second kappa shape index (κ2) is 5.51. The number of hydrogen-bond donors (Lipinski definition) is 1. The lowest BCUT2D eigenvalue weighted by Crippen LogP contribution is -2.28. The van der Waals surface area contributed by atoms with Gasteiger partial charge in [0.1, 0.15) is 11.4 Å². The second-order valence-corrected chi connectivity index (χ2v) is 5.14. The van der Waals surface area contributed by atoms with Crippen LogP contribution in [0.5, 0.6) is 0 Å². The van der Waals surface area contributed by atoms with Crippen LogP contribution < -0.4 is 5.32 Å². The predicted octanol–water partition coefficient (Wildman–Crippen LogP) is 2.96. The summed E-state index contributed by atoms with van der Waals surface area (Å²) in [4.78, 5) is 4.57. The van der Waals surface area contributed by atoms with Gasteiger partial charge in [-0.3, -0.25) is 0 Å². The summed E-state index contributed by atoms with van der Waals surface area (Å²) in [5.74, 6) is 1.01. The topological polar surface area (TPSA) is 42.5 Å². The Hall–Kier alpha value is -2.07. The van der Waals surface area contributed by atoms with Crippen LogP contribution in [0.1, 0.15) is 24.1 Å². The maximum absolute atomic E-state index is 5.38. The van der Waals surface area contributed by atoms with Crippen LogP contribution in [0, 0.1) is 6.92 Å². The molecule has 3 heterocycles. The highest BCUT2D eigenvalue weighted by molar-refractivity contribution is 5.42. The van der Waals surface area contributed by atoms with Crippen LogP contribution in [0.4, 0.5) is 0 Å². The first-order valence-electron chi connectivity index (χ1n) is 6.92.